The van der Waals surface area contributed by atoms with E-state index in [2.05, 4.69) is 52.4 Å². The van der Waals surface area contributed by atoms with Crippen molar-refractivity contribution in [3.63, 3.8) is 0 Å². The van der Waals surface area contributed by atoms with E-state index in [1.54, 1.807) is 0 Å². The quantitative estimate of drug-likeness (QED) is 0.780. The van der Waals surface area contributed by atoms with Crippen LogP contribution in [0.1, 0.15) is 18.1 Å². The molecule has 3 heteroatoms. The first-order valence-electron chi connectivity index (χ1n) is 6.25. The highest BCUT2D eigenvalue weighted by molar-refractivity contribution is 9.10. The Bertz CT molecular complexity index is 529. The van der Waals surface area contributed by atoms with Gasteiger partial charge in [-0.3, -0.25) is 0 Å². The van der Waals surface area contributed by atoms with Crippen LogP contribution in [-0.4, -0.2) is 5.88 Å². The zero-order chi connectivity index (χ0) is 13.7. The molecule has 19 heavy (non-hydrogen) atoms. The van der Waals surface area contributed by atoms with E-state index in [1.165, 1.54) is 11.1 Å². The maximum Gasteiger partial charge on any atom is 0.0545 e. The molecule has 0 aliphatic rings. The van der Waals surface area contributed by atoms with Gasteiger partial charge >= 0.3 is 0 Å². The highest BCUT2D eigenvalue weighted by atomic mass is 79.9. The Morgan fingerprint density at radius 2 is 1.68 bits per heavy atom. The molecule has 100 valence electrons. The molecule has 0 saturated heterocycles. The van der Waals surface area contributed by atoms with Gasteiger partial charge in [-0.25, -0.2) is 0 Å². The lowest BCUT2D eigenvalue weighted by molar-refractivity contribution is 0.406. The van der Waals surface area contributed by atoms with Crippen LogP contribution in [0.25, 0.3) is 0 Å². The number of benzene rings is 2. The van der Waals surface area contributed by atoms with Gasteiger partial charge in [0.25, 0.3) is 0 Å². The summed E-state index contributed by atoms with van der Waals surface area (Å²) in [7, 11) is 0. The Balaban J connectivity index is 2.14. The van der Waals surface area contributed by atoms with Crippen LogP contribution in [0, 0.1) is 0 Å². The summed E-state index contributed by atoms with van der Waals surface area (Å²) < 4.78 is 1.12. The van der Waals surface area contributed by atoms with Crippen molar-refractivity contribution in [2.75, 3.05) is 5.88 Å². The van der Waals surface area contributed by atoms with Gasteiger partial charge in [0.15, 0.2) is 0 Å². The van der Waals surface area contributed by atoms with E-state index in [4.69, 9.17) is 11.6 Å². The van der Waals surface area contributed by atoms with Crippen LogP contribution in [-0.2, 0) is 12.1 Å². The lowest BCUT2D eigenvalue weighted by atomic mass is 9.94. The topological polar surface area (TPSA) is 12.0 Å². The normalized spacial score (nSPS) is 14.1. The van der Waals surface area contributed by atoms with Gasteiger partial charge in [-0.05, 0) is 24.1 Å². The fraction of sp³-hybridized carbons (Fsp3) is 0.250. The van der Waals surface area contributed by atoms with Crippen molar-refractivity contribution >= 4 is 27.5 Å². The first-order chi connectivity index (χ1) is 9.15. The van der Waals surface area contributed by atoms with E-state index < -0.39 is 0 Å². The highest BCUT2D eigenvalue weighted by Gasteiger charge is 2.24. The second kappa shape index (κ2) is 6.56. The fourth-order valence-corrected chi connectivity index (χ4v) is 2.64. The molecule has 1 N–H and O–H groups in total. The summed E-state index contributed by atoms with van der Waals surface area (Å²) in [5.41, 5.74) is 2.21. The van der Waals surface area contributed by atoms with E-state index in [9.17, 15) is 0 Å². The zero-order valence-corrected chi connectivity index (χ0v) is 13.2. The van der Waals surface area contributed by atoms with Crippen molar-refractivity contribution < 1.29 is 0 Å². The third kappa shape index (κ3) is 3.59. The van der Waals surface area contributed by atoms with Crippen molar-refractivity contribution in [2.45, 2.75) is 19.0 Å². The Morgan fingerprint density at radius 3 is 2.32 bits per heavy atom. The lowest BCUT2D eigenvalue weighted by Gasteiger charge is -2.29. The Morgan fingerprint density at radius 1 is 1.05 bits per heavy atom. The van der Waals surface area contributed by atoms with Crippen molar-refractivity contribution in [3.05, 3.63) is 70.2 Å². The molecule has 1 unspecified atom stereocenters. The van der Waals surface area contributed by atoms with E-state index in [0.29, 0.717) is 5.88 Å². The Kier molecular flexibility index (Phi) is 5.03. The van der Waals surface area contributed by atoms with Gasteiger partial charge in [-0.1, -0.05) is 64.5 Å². The smallest absolute Gasteiger partial charge is 0.0545 e. The third-order valence-electron chi connectivity index (χ3n) is 3.31. The summed E-state index contributed by atoms with van der Waals surface area (Å²) in [6.45, 7) is 2.91. The van der Waals surface area contributed by atoms with Gasteiger partial charge in [-0.15, -0.1) is 11.6 Å². The van der Waals surface area contributed by atoms with Gasteiger partial charge in [0.05, 0.1) is 5.54 Å². The summed E-state index contributed by atoms with van der Waals surface area (Å²) in [5.74, 6) is 0.529. The van der Waals surface area contributed by atoms with E-state index in [1.807, 2.05) is 30.3 Å². The predicted molar refractivity (Wildman–Crippen MR) is 85.5 cm³/mol. The first kappa shape index (κ1) is 14.6. The summed E-state index contributed by atoms with van der Waals surface area (Å²) in [6, 6.07) is 18.5. The number of alkyl halides is 1. The first-order valence-corrected chi connectivity index (χ1v) is 7.58. The summed E-state index contributed by atoms with van der Waals surface area (Å²) in [5, 5.41) is 3.56. The zero-order valence-electron chi connectivity index (χ0n) is 10.9. The lowest BCUT2D eigenvalue weighted by Crippen LogP contribution is -2.40. The van der Waals surface area contributed by atoms with Crippen molar-refractivity contribution in [1.82, 2.24) is 5.32 Å². The second-order valence-electron chi connectivity index (χ2n) is 4.78. The second-order valence-corrected chi connectivity index (χ2v) is 5.90. The SMILES string of the molecule is CC(CCl)(NCc1ccccc1Br)c1ccccc1. The van der Waals surface area contributed by atoms with Crippen molar-refractivity contribution in [1.29, 1.82) is 0 Å². The molecule has 1 atom stereocenters. The molecule has 0 spiro atoms. The molecule has 0 saturated carbocycles. The van der Waals surface area contributed by atoms with Gasteiger partial charge < -0.3 is 5.32 Å². The summed E-state index contributed by atoms with van der Waals surface area (Å²) in [6.07, 6.45) is 0. The molecule has 0 heterocycles. The van der Waals surface area contributed by atoms with Gasteiger partial charge in [0, 0.05) is 16.9 Å². The molecule has 0 bridgehead atoms. The van der Waals surface area contributed by atoms with E-state index in [0.717, 1.165) is 11.0 Å². The minimum atomic E-state index is -0.224. The Hall–Kier alpha value is -0.830. The molecule has 0 fully saturated rings. The van der Waals surface area contributed by atoms with Crippen LogP contribution in [0.5, 0.6) is 0 Å². The van der Waals surface area contributed by atoms with Crippen LogP contribution >= 0.6 is 27.5 Å². The molecule has 0 aromatic heterocycles. The van der Waals surface area contributed by atoms with Crippen LogP contribution < -0.4 is 5.32 Å². The third-order valence-corrected chi connectivity index (χ3v) is 4.61. The predicted octanol–water partition coefficient (Wildman–Crippen LogP) is 4.69. The summed E-state index contributed by atoms with van der Waals surface area (Å²) in [4.78, 5) is 0. The van der Waals surface area contributed by atoms with Gasteiger partial charge in [0.1, 0.15) is 0 Å². The molecule has 2 aromatic rings. The highest BCUT2D eigenvalue weighted by Crippen LogP contribution is 2.24. The van der Waals surface area contributed by atoms with Gasteiger partial charge in [-0.2, -0.15) is 0 Å². The molecular formula is C16H17BrClN. The summed E-state index contributed by atoms with van der Waals surface area (Å²) >= 11 is 9.74. The molecule has 2 aromatic carbocycles. The van der Waals surface area contributed by atoms with Crippen LogP contribution in [0.4, 0.5) is 0 Å². The average Bonchev–Trinajstić information content (AvgIpc) is 2.47. The van der Waals surface area contributed by atoms with Gasteiger partial charge in [0.2, 0.25) is 0 Å². The molecular weight excluding hydrogens is 322 g/mol. The average molecular weight is 339 g/mol. The molecule has 0 aliphatic heterocycles. The molecule has 0 radical (unpaired) electrons. The maximum atomic E-state index is 6.18. The standard InChI is InChI=1S/C16H17BrClN/c1-16(12-18,14-8-3-2-4-9-14)19-11-13-7-5-6-10-15(13)17/h2-10,19H,11-12H2,1H3. The number of hydrogen-bond donors (Lipinski definition) is 1. The monoisotopic (exact) mass is 337 g/mol. The minimum absolute atomic E-state index is 0.224. The number of nitrogens with one attached hydrogen (secondary N) is 1. The largest absolute Gasteiger partial charge is 0.302 e. The van der Waals surface area contributed by atoms with Crippen molar-refractivity contribution in [3.8, 4) is 0 Å². The Labute approximate surface area is 128 Å². The molecule has 0 amide bonds. The van der Waals surface area contributed by atoms with Crippen molar-refractivity contribution in [2.24, 2.45) is 0 Å². The van der Waals surface area contributed by atoms with Crippen LogP contribution in [0.2, 0.25) is 0 Å². The fourth-order valence-electron chi connectivity index (χ4n) is 1.96. The van der Waals surface area contributed by atoms with E-state index >= 15 is 0 Å². The number of hydrogen-bond acceptors (Lipinski definition) is 1. The number of rotatable bonds is 5. The van der Waals surface area contributed by atoms with Crippen LogP contribution in [0.3, 0.4) is 0 Å². The van der Waals surface area contributed by atoms with E-state index in [-0.39, 0.29) is 5.54 Å². The van der Waals surface area contributed by atoms with Crippen LogP contribution in [0.15, 0.2) is 59.1 Å². The molecule has 2 rings (SSSR count). The molecule has 1 nitrogen and oxygen atoms in total. The maximum absolute atomic E-state index is 6.18. The number of halogens is 2. The minimum Gasteiger partial charge on any atom is -0.302 e. The molecule has 0 aliphatic carbocycles.